The molecule has 2 atom stereocenters. The molecule has 2 bridgehead atoms. The summed E-state index contributed by atoms with van der Waals surface area (Å²) in [5.41, 5.74) is 2.71. The first-order valence-corrected chi connectivity index (χ1v) is 11.6. The zero-order chi connectivity index (χ0) is 19.4. The number of piperidine rings is 1. The third-order valence-electron chi connectivity index (χ3n) is 7.02. The van der Waals surface area contributed by atoms with Gasteiger partial charge in [0.1, 0.15) is 0 Å². The number of thiophene rings is 1. The lowest BCUT2D eigenvalue weighted by atomic mass is 9.80. The summed E-state index contributed by atoms with van der Waals surface area (Å²) in [4.78, 5) is 16.8. The highest BCUT2D eigenvalue weighted by Crippen LogP contribution is 2.43. The van der Waals surface area contributed by atoms with Gasteiger partial charge >= 0.3 is 0 Å². The van der Waals surface area contributed by atoms with Crippen LogP contribution in [0.1, 0.15) is 30.9 Å². The second-order valence-corrected chi connectivity index (χ2v) is 9.91. The Morgan fingerprint density at radius 2 is 1.86 bits per heavy atom. The monoisotopic (exact) mass is 406 g/mol. The van der Waals surface area contributed by atoms with Gasteiger partial charge in [-0.3, -0.25) is 9.69 Å². The molecular weight excluding hydrogens is 380 g/mol. The van der Waals surface area contributed by atoms with Gasteiger partial charge < -0.3 is 9.30 Å². The van der Waals surface area contributed by atoms with Gasteiger partial charge in [-0.1, -0.05) is 18.2 Å². The van der Waals surface area contributed by atoms with Crippen molar-refractivity contribution < 1.29 is 4.74 Å². The number of ether oxygens (including phenoxy) is 1. The molecule has 0 aliphatic carbocycles. The predicted octanol–water partition coefficient (Wildman–Crippen LogP) is 4.33. The van der Waals surface area contributed by atoms with Crippen molar-refractivity contribution in [2.24, 2.45) is 5.92 Å². The number of fused-ring (bicyclic) bond motifs is 5. The Hall–Kier alpha value is -1.95. The zero-order valence-corrected chi connectivity index (χ0v) is 17.4. The summed E-state index contributed by atoms with van der Waals surface area (Å²) in [6.07, 6.45) is 3.50. The normalized spacial score (nSPS) is 25.2. The van der Waals surface area contributed by atoms with E-state index in [0.29, 0.717) is 17.9 Å². The van der Waals surface area contributed by atoms with E-state index in [0.717, 1.165) is 45.7 Å². The molecule has 0 radical (unpaired) electrons. The Kier molecular flexibility index (Phi) is 4.36. The molecular formula is C24H26N2O2S. The van der Waals surface area contributed by atoms with Crippen LogP contribution in [0.5, 0.6) is 0 Å². The fraction of sp³-hybridized carbons (Fsp3) is 0.458. The summed E-state index contributed by atoms with van der Waals surface area (Å²) < 4.78 is 9.00. The summed E-state index contributed by atoms with van der Waals surface area (Å²) in [7, 11) is 0. The average Bonchev–Trinajstić information content (AvgIpc) is 3.19. The van der Waals surface area contributed by atoms with E-state index >= 15 is 0 Å². The number of hydrogen-bond donors (Lipinski definition) is 0. The molecule has 29 heavy (non-hydrogen) atoms. The molecule has 6 rings (SSSR count). The van der Waals surface area contributed by atoms with Crippen LogP contribution in [0.25, 0.3) is 20.5 Å². The standard InChI is InChI=1S/C24H26N2O2S/c27-23-6-5-20(22-12-17-3-1-2-4-21(17)29-22)24-18-11-16(14-26(23)24)13-25(15-18)19-7-9-28-10-8-19/h1-6,12,16,18-19H,7-11,13-15H2/t16-,18-/m0/s1. The highest BCUT2D eigenvalue weighted by Gasteiger charge is 2.38. The summed E-state index contributed by atoms with van der Waals surface area (Å²) >= 11 is 1.84. The lowest BCUT2D eigenvalue weighted by Gasteiger charge is -2.47. The average molecular weight is 407 g/mol. The Labute approximate surface area is 174 Å². The molecule has 150 valence electrons. The van der Waals surface area contributed by atoms with Gasteiger partial charge in [0, 0.05) is 71.7 Å². The van der Waals surface area contributed by atoms with E-state index in [9.17, 15) is 4.79 Å². The molecule has 3 aliphatic rings. The molecule has 5 heteroatoms. The highest BCUT2D eigenvalue weighted by molar-refractivity contribution is 7.22. The largest absolute Gasteiger partial charge is 0.381 e. The van der Waals surface area contributed by atoms with E-state index in [2.05, 4.69) is 45.9 Å². The Morgan fingerprint density at radius 3 is 2.72 bits per heavy atom. The minimum Gasteiger partial charge on any atom is -0.381 e. The fourth-order valence-electron chi connectivity index (χ4n) is 5.72. The Balaban J connectivity index is 1.42. The molecule has 2 aromatic heterocycles. The van der Waals surface area contributed by atoms with E-state index in [1.807, 2.05) is 11.3 Å². The van der Waals surface area contributed by atoms with Gasteiger partial charge in [-0.2, -0.15) is 0 Å². The number of rotatable bonds is 2. The second kappa shape index (κ2) is 7.08. The maximum atomic E-state index is 12.8. The SMILES string of the molecule is O=c1ccc(-c2cc3ccccc3s2)c2n1C[C@H]1C[C@H]2CN(C2CCOCC2)C1. The number of aromatic nitrogens is 1. The maximum Gasteiger partial charge on any atom is 0.250 e. The molecule has 0 spiro atoms. The van der Waals surface area contributed by atoms with Crippen molar-refractivity contribution in [2.45, 2.75) is 37.8 Å². The van der Waals surface area contributed by atoms with E-state index in [4.69, 9.17) is 4.74 Å². The van der Waals surface area contributed by atoms with Crippen molar-refractivity contribution in [1.29, 1.82) is 0 Å². The van der Waals surface area contributed by atoms with Crippen molar-refractivity contribution in [1.82, 2.24) is 9.47 Å². The van der Waals surface area contributed by atoms with Gasteiger partial charge in [-0.15, -0.1) is 11.3 Å². The lowest BCUT2D eigenvalue weighted by Crippen LogP contribution is -2.51. The third kappa shape index (κ3) is 3.07. The number of hydrogen-bond acceptors (Lipinski definition) is 4. The molecule has 5 heterocycles. The zero-order valence-electron chi connectivity index (χ0n) is 16.5. The van der Waals surface area contributed by atoms with Crippen LogP contribution in [0.4, 0.5) is 0 Å². The first-order chi connectivity index (χ1) is 14.3. The minimum absolute atomic E-state index is 0.166. The highest BCUT2D eigenvalue weighted by atomic mass is 32.1. The molecule has 0 unspecified atom stereocenters. The van der Waals surface area contributed by atoms with Crippen molar-refractivity contribution in [3.8, 4) is 10.4 Å². The van der Waals surface area contributed by atoms with E-state index < -0.39 is 0 Å². The van der Waals surface area contributed by atoms with Gasteiger partial charge in [-0.25, -0.2) is 0 Å². The van der Waals surface area contributed by atoms with Gasteiger partial charge in [0.25, 0.3) is 5.56 Å². The topological polar surface area (TPSA) is 34.5 Å². The molecule has 2 saturated heterocycles. The number of pyridine rings is 1. The summed E-state index contributed by atoms with van der Waals surface area (Å²) in [6.45, 7) is 4.84. The van der Waals surface area contributed by atoms with Crippen LogP contribution in [-0.4, -0.2) is 41.8 Å². The minimum atomic E-state index is 0.166. The van der Waals surface area contributed by atoms with Crippen LogP contribution in [0.2, 0.25) is 0 Å². The van der Waals surface area contributed by atoms with Crippen LogP contribution >= 0.6 is 11.3 Å². The molecule has 0 N–H and O–H groups in total. The summed E-state index contributed by atoms with van der Waals surface area (Å²) in [5.74, 6) is 1.03. The van der Waals surface area contributed by atoms with Gasteiger partial charge in [0.15, 0.2) is 0 Å². The van der Waals surface area contributed by atoms with E-state index in [1.54, 1.807) is 6.07 Å². The van der Waals surface area contributed by atoms with Gasteiger partial charge in [-0.05, 0) is 48.8 Å². The van der Waals surface area contributed by atoms with Crippen molar-refractivity contribution >= 4 is 21.4 Å². The molecule has 3 aliphatic heterocycles. The molecule has 3 aromatic rings. The summed E-state index contributed by atoms with van der Waals surface area (Å²) in [6, 6.07) is 15.4. The second-order valence-electron chi connectivity index (χ2n) is 8.83. The van der Waals surface area contributed by atoms with Crippen LogP contribution in [0.15, 0.2) is 47.3 Å². The maximum absolute atomic E-state index is 12.8. The molecule has 4 nitrogen and oxygen atoms in total. The van der Waals surface area contributed by atoms with Crippen LogP contribution in [-0.2, 0) is 11.3 Å². The fourth-order valence-corrected chi connectivity index (χ4v) is 6.82. The molecule has 2 fully saturated rings. The Bertz CT molecular complexity index is 1080. The van der Waals surface area contributed by atoms with Crippen molar-refractivity contribution in [3.63, 3.8) is 0 Å². The van der Waals surface area contributed by atoms with Crippen LogP contribution in [0, 0.1) is 5.92 Å². The first-order valence-electron chi connectivity index (χ1n) is 10.8. The smallest absolute Gasteiger partial charge is 0.250 e. The van der Waals surface area contributed by atoms with Crippen LogP contribution < -0.4 is 5.56 Å². The van der Waals surface area contributed by atoms with Crippen molar-refractivity contribution in [3.05, 3.63) is 58.5 Å². The van der Waals surface area contributed by atoms with Crippen LogP contribution in [0.3, 0.4) is 0 Å². The molecule has 1 aromatic carbocycles. The lowest BCUT2D eigenvalue weighted by molar-refractivity contribution is 0.00597. The van der Waals surface area contributed by atoms with E-state index in [1.165, 1.54) is 32.6 Å². The predicted molar refractivity (Wildman–Crippen MR) is 118 cm³/mol. The number of nitrogens with zero attached hydrogens (tertiary/aromatic N) is 2. The van der Waals surface area contributed by atoms with E-state index in [-0.39, 0.29) is 5.56 Å². The number of likely N-dealkylation sites (tertiary alicyclic amines) is 1. The first kappa shape index (κ1) is 17.9. The number of benzene rings is 1. The third-order valence-corrected chi connectivity index (χ3v) is 8.17. The van der Waals surface area contributed by atoms with Crippen molar-refractivity contribution in [2.75, 3.05) is 26.3 Å². The quantitative estimate of drug-likeness (QED) is 0.635. The summed E-state index contributed by atoms with van der Waals surface area (Å²) in [5, 5.41) is 1.29. The molecule has 0 saturated carbocycles. The van der Waals surface area contributed by atoms with Gasteiger partial charge in [0.2, 0.25) is 0 Å². The van der Waals surface area contributed by atoms with Gasteiger partial charge in [0.05, 0.1) is 0 Å². The Morgan fingerprint density at radius 1 is 1.00 bits per heavy atom. The molecule has 0 amide bonds.